The first-order valence-electron chi connectivity index (χ1n) is 3.59. The van der Waals surface area contributed by atoms with Crippen molar-refractivity contribution in [1.29, 1.82) is 0 Å². The van der Waals surface area contributed by atoms with Gasteiger partial charge in [-0.2, -0.15) is 0 Å². The molecule has 0 aromatic heterocycles. The number of ether oxygens (including phenoxy) is 1. The minimum atomic E-state index is -5.48. The maximum atomic E-state index is 12.8. The molecule has 1 aromatic carbocycles. The molecule has 0 spiro atoms. The molecule has 0 fully saturated rings. The Bertz CT molecular complexity index is 354. The van der Waals surface area contributed by atoms with Crippen LogP contribution in [0, 0.1) is 11.6 Å². The minimum Gasteiger partial charge on any atom is -0.497 e. The summed E-state index contributed by atoms with van der Waals surface area (Å²) in [6.45, 7) is -5.48. The smallest absolute Gasteiger partial charge is 0.497 e. The number of rotatable bonds is 2. The molecule has 0 saturated heterocycles. The quantitative estimate of drug-likeness (QED) is 0.485. The van der Waals surface area contributed by atoms with Gasteiger partial charge in [0, 0.05) is 6.07 Å². The fourth-order valence-electron chi connectivity index (χ4n) is 1.04. The van der Waals surface area contributed by atoms with Crippen molar-refractivity contribution in [3.63, 3.8) is 0 Å². The third-order valence-corrected chi connectivity index (χ3v) is 1.59. The molecule has 0 atom stereocenters. The van der Waals surface area contributed by atoms with Gasteiger partial charge in [0.25, 0.3) is 0 Å². The largest absolute Gasteiger partial charge is 1.00 e. The molecule has 0 radical (unpaired) electrons. The molecule has 0 bridgehead atoms. The van der Waals surface area contributed by atoms with E-state index in [4.69, 9.17) is 0 Å². The summed E-state index contributed by atoms with van der Waals surface area (Å²) >= 11 is 0. The van der Waals surface area contributed by atoms with Gasteiger partial charge in [0.05, 0.1) is 7.11 Å². The molecule has 15 heavy (non-hydrogen) atoms. The van der Waals surface area contributed by atoms with Gasteiger partial charge in [-0.3, -0.25) is 0 Å². The molecule has 0 amide bonds. The van der Waals surface area contributed by atoms with Gasteiger partial charge in [0.15, 0.2) is 5.82 Å². The van der Waals surface area contributed by atoms with Gasteiger partial charge in [-0.05, 0) is 6.07 Å². The topological polar surface area (TPSA) is 9.23 Å². The third-order valence-electron chi connectivity index (χ3n) is 1.59. The second kappa shape index (κ2) is 5.63. The average Bonchev–Trinajstić information content (AvgIpc) is 2.01. The Kier molecular flexibility index (Phi) is 5.77. The van der Waals surface area contributed by atoms with Crippen molar-refractivity contribution in [2.24, 2.45) is 0 Å². The van der Waals surface area contributed by atoms with Crippen molar-refractivity contribution in [3.05, 3.63) is 23.8 Å². The zero-order valence-corrected chi connectivity index (χ0v) is 11.2. The van der Waals surface area contributed by atoms with Gasteiger partial charge in [-0.25, -0.2) is 8.78 Å². The molecule has 0 aliphatic carbocycles. The van der Waals surface area contributed by atoms with E-state index in [1.807, 2.05) is 0 Å². The van der Waals surface area contributed by atoms with Crippen molar-refractivity contribution in [2.45, 2.75) is 0 Å². The van der Waals surface area contributed by atoms with Gasteiger partial charge >= 0.3 is 58.4 Å². The SMILES string of the molecule is COc1c(F)cc(F)cc1[B-](F)(F)F.[K+]. The second-order valence-electron chi connectivity index (χ2n) is 2.58. The molecule has 1 nitrogen and oxygen atoms in total. The van der Waals surface area contributed by atoms with Gasteiger partial charge in [0.2, 0.25) is 0 Å². The molecule has 1 rings (SSSR count). The molecule has 1 aromatic rings. The van der Waals surface area contributed by atoms with Crippen LogP contribution in [0.5, 0.6) is 5.75 Å². The summed E-state index contributed by atoms with van der Waals surface area (Å²) in [5.41, 5.74) is -1.40. The van der Waals surface area contributed by atoms with Gasteiger partial charge < -0.3 is 17.7 Å². The summed E-state index contributed by atoms with van der Waals surface area (Å²) in [6, 6.07) is 0.548. The Hall–Kier alpha value is 0.371. The molecule has 0 heterocycles. The molecule has 0 aliphatic heterocycles. The Morgan fingerprint density at radius 2 is 1.67 bits per heavy atom. The Balaban J connectivity index is 0.00000196. The van der Waals surface area contributed by atoms with Gasteiger partial charge in [-0.15, -0.1) is 0 Å². The van der Waals surface area contributed by atoms with Crippen molar-refractivity contribution < 1.29 is 77.8 Å². The van der Waals surface area contributed by atoms with Crippen LogP contribution in [0.25, 0.3) is 0 Å². The zero-order chi connectivity index (χ0) is 10.9. The normalized spacial score (nSPS) is 10.8. The third kappa shape index (κ3) is 3.70. The van der Waals surface area contributed by atoms with E-state index in [0.717, 1.165) is 7.11 Å². The molecular formula is C7H5BF5KO. The monoisotopic (exact) mass is 250 g/mol. The maximum absolute atomic E-state index is 12.8. The first kappa shape index (κ1) is 15.4. The van der Waals surface area contributed by atoms with Crippen LogP contribution < -0.4 is 61.6 Å². The van der Waals surface area contributed by atoms with E-state index in [1.165, 1.54) is 0 Å². The van der Waals surface area contributed by atoms with Crippen molar-refractivity contribution in [3.8, 4) is 5.75 Å². The van der Waals surface area contributed by atoms with Crippen LogP contribution in [-0.2, 0) is 0 Å². The van der Waals surface area contributed by atoms with E-state index < -0.39 is 29.8 Å². The maximum Gasteiger partial charge on any atom is 1.00 e. The van der Waals surface area contributed by atoms with Gasteiger partial charge in [0.1, 0.15) is 11.6 Å². The minimum absolute atomic E-state index is 0. The average molecular weight is 250 g/mol. The molecule has 0 aliphatic rings. The summed E-state index contributed by atoms with van der Waals surface area (Å²) in [5.74, 6) is -3.61. The molecule has 0 N–H and O–H groups in total. The van der Waals surface area contributed by atoms with E-state index in [-0.39, 0.29) is 57.5 Å². The number of benzene rings is 1. The Morgan fingerprint density at radius 1 is 1.13 bits per heavy atom. The summed E-state index contributed by atoms with van der Waals surface area (Å²) in [5, 5.41) is 0. The predicted octanol–water partition coefficient (Wildman–Crippen LogP) is -0.968. The van der Waals surface area contributed by atoms with E-state index in [2.05, 4.69) is 4.74 Å². The fourth-order valence-corrected chi connectivity index (χ4v) is 1.04. The second-order valence-corrected chi connectivity index (χ2v) is 2.58. The molecule has 0 saturated carbocycles. The van der Waals surface area contributed by atoms with Gasteiger partial charge in [-0.1, -0.05) is 5.46 Å². The molecular weight excluding hydrogens is 245 g/mol. The summed E-state index contributed by atoms with van der Waals surface area (Å²) in [7, 11) is 0.891. The standard InChI is InChI=1S/C7H5BF5O.K/c1-14-7-5(8(11,12)13)2-4(9)3-6(7)10;/h2-3H,1H3;/q-1;+1. The van der Waals surface area contributed by atoms with E-state index in [9.17, 15) is 21.7 Å². The summed E-state index contributed by atoms with van der Waals surface area (Å²) < 4.78 is 66.2. The summed E-state index contributed by atoms with van der Waals surface area (Å²) in [6.07, 6.45) is 0. The van der Waals surface area contributed by atoms with Crippen LogP contribution >= 0.6 is 0 Å². The molecule has 0 unspecified atom stereocenters. The fraction of sp³-hybridized carbons (Fsp3) is 0.143. The molecule has 78 valence electrons. The first-order chi connectivity index (χ1) is 6.36. The number of hydrogen-bond donors (Lipinski definition) is 0. The van der Waals surface area contributed by atoms with Crippen LogP contribution in [0.1, 0.15) is 0 Å². The number of methoxy groups -OCH3 is 1. The van der Waals surface area contributed by atoms with E-state index in [1.54, 1.807) is 0 Å². The van der Waals surface area contributed by atoms with Crippen LogP contribution in [0.15, 0.2) is 12.1 Å². The van der Waals surface area contributed by atoms with Crippen molar-refractivity contribution >= 4 is 12.4 Å². The Labute approximate surface area is 125 Å². The number of hydrogen-bond acceptors (Lipinski definition) is 1. The van der Waals surface area contributed by atoms with Crippen LogP contribution in [0.3, 0.4) is 0 Å². The van der Waals surface area contributed by atoms with Crippen LogP contribution in [0.2, 0.25) is 0 Å². The van der Waals surface area contributed by atoms with Crippen LogP contribution in [0.4, 0.5) is 21.7 Å². The summed E-state index contributed by atoms with van der Waals surface area (Å²) in [4.78, 5) is 0. The zero-order valence-electron chi connectivity index (χ0n) is 8.03. The Morgan fingerprint density at radius 3 is 2.07 bits per heavy atom. The van der Waals surface area contributed by atoms with E-state index in [0.29, 0.717) is 6.07 Å². The van der Waals surface area contributed by atoms with Crippen LogP contribution in [-0.4, -0.2) is 14.1 Å². The van der Waals surface area contributed by atoms with Crippen molar-refractivity contribution in [2.75, 3.05) is 7.11 Å². The van der Waals surface area contributed by atoms with Crippen molar-refractivity contribution in [1.82, 2.24) is 0 Å². The predicted molar refractivity (Wildman–Crippen MR) is 41.6 cm³/mol. The number of halogens is 5. The van der Waals surface area contributed by atoms with E-state index >= 15 is 0 Å². The molecule has 8 heteroatoms. The first-order valence-corrected chi connectivity index (χ1v) is 3.59.